The van der Waals surface area contributed by atoms with Crippen LogP contribution in [0.1, 0.15) is 13.8 Å². The monoisotopic (exact) mass is 270 g/mol. The molecule has 0 saturated heterocycles. The summed E-state index contributed by atoms with van der Waals surface area (Å²) in [6.07, 6.45) is 8.84. The van der Waals surface area contributed by atoms with E-state index in [0.29, 0.717) is 0 Å². The van der Waals surface area contributed by atoms with E-state index >= 15 is 0 Å². The predicted molar refractivity (Wildman–Crippen MR) is 50.8 cm³/mol. The molecule has 0 bridgehead atoms. The Morgan fingerprint density at radius 2 is 1.30 bits per heavy atom. The van der Waals surface area contributed by atoms with Gasteiger partial charge in [-0.2, -0.15) is 0 Å². The number of allylic oxidation sites excluding steroid dienone is 4. The molecule has 0 aliphatic rings. The molecule has 0 radical (unpaired) electrons. The van der Waals surface area contributed by atoms with Crippen molar-refractivity contribution in [2.75, 3.05) is 0 Å². The van der Waals surface area contributed by atoms with E-state index in [1.807, 2.05) is 0 Å². The van der Waals surface area contributed by atoms with Crippen molar-refractivity contribution in [2.24, 2.45) is 0 Å². The van der Waals surface area contributed by atoms with Gasteiger partial charge in [0.1, 0.15) is 0 Å². The molecule has 0 amide bonds. The number of hydrogen-bond acceptors (Lipinski definition) is 0. The molecule has 0 aromatic carbocycles. The molecule has 0 aromatic rings. The summed E-state index contributed by atoms with van der Waals surface area (Å²) >= 11 is 1.80. The molecule has 0 spiro atoms. The number of rotatable bonds is 5. The third-order valence-corrected chi connectivity index (χ3v) is 7.40. The molecule has 10 heavy (non-hydrogen) atoms. The first kappa shape index (κ1) is 10.5. The van der Waals surface area contributed by atoms with E-state index in [4.69, 9.17) is 0 Å². The molecule has 0 aliphatic carbocycles. The van der Waals surface area contributed by atoms with Crippen molar-refractivity contribution in [2.45, 2.75) is 24.5 Å². The van der Waals surface area contributed by atoms with Gasteiger partial charge in [0.25, 0.3) is 0 Å². The van der Waals surface area contributed by atoms with Crippen LogP contribution in [0, 0.1) is 0 Å². The summed E-state index contributed by atoms with van der Waals surface area (Å²) in [5.41, 5.74) is 0. The van der Waals surface area contributed by atoms with Crippen molar-refractivity contribution in [3.63, 3.8) is 0 Å². The quantitative estimate of drug-likeness (QED) is 0.408. The molecule has 0 fully saturated rings. The third-order valence-electron chi connectivity index (χ3n) is 0.883. The van der Waals surface area contributed by atoms with E-state index in [9.17, 15) is 0 Å². The van der Waals surface area contributed by atoms with E-state index in [1.165, 1.54) is 10.6 Å². The summed E-state index contributed by atoms with van der Waals surface area (Å²) in [7, 11) is 0. The fourth-order valence-electron chi connectivity index (χ4n) is 0.367. The second kappa shape index (κ2) is 9.52. The van der Waals surface area contributed by atoms with Crippen molar-refractivity contribution in [1.82, 2.24) is 0 Å². The van der Waals surface area contributed by atoms with Crippen LogP contribution < -0.4 is 0 Å². The average Bonchev–Trinajstić information content (AvgIpc) is 1.97. The Balaban J connectivity index is 2.90. The van der Waals surface area contributed by atoms with Gasteiger partial charge >= 0.3 is 75.1 Å². The fraction of sp³-hybridized carbons (Fsp3) is 0.500. The standard InChI is InChI=1S/C8H14Se2/c1-3-5-7-9-10-8-6-4-2/h3-6H,7-8H2,1-2H3/b5-3-,6-4-. The van der Waals surface area contributed by atoms with Crippen LogP contribution in [0.4, 0.5) is 0 Å². The van der Waals surface area contributed by atoms with E-state index < -0.39 is 0 Å². The Morgan fingerprint density at radius 1 is 0.900 bits per heavy atom. The van der Waals surface area contributed by atoms with Gasteiger partial charge in [-0.3, -0.25) is 0 Å². The zero-order valence-corrected chi connectivity index (χ0v) is 9.97. The molecule has 2 heteroatoms. The Labute approximate surface area is 75.0 Å². The zero-order valence-electron chi connectivity index (χ0n) is 6.54. The second-order valence-corrected chi connectivity index (χ2v) is 9.23. The number of hydrogen-bond donors (Lipinski definition) is 0. The van der Waals surface area contributed by atoms with Crippen LogP contribution in [0.3, 0.4) is 0 Å². The Morgan fingerprint density at radius 3 is 1.60 bits per heavy atom. The van der Waals surface area contributed by atoms with Gasteiger partial charge in [-0.05, 0) is 0 Å². The van der Waals surface area contributed by atoms with Crippen LogP contribution in [0.15, 0.2) is 24.3 Å². The molecule has 0 nitrogen and oxygen atoms in total. The molecule has 0 aliphatic heterocycles. The van der Waals surface area contributed by atoms with E-state index in [2.05, 4.69) is 38.2 Å². The zero-order chi connectivity index (χ0) is 7.66. The van der Waals surface area contributed by atoms with Gasteiger partial charge in [0.05, 0.1) is 0 Å². The van der Waals surface area contributed by atoms with Gasteiger partial charge in [-0.25, -0.2) is 0 Å². The summed E-state index contributed by atoms with van der Waals surface area (Å²) in [5.74, 6) is 0. The summed E-state index contributed by atoms with van der Waals surface area (Å²) in [6, 6.07) is 0. The van der Waals surface area contributed by atoms with E-state index in [1.54, 1.807) is 0 Å². The fourth-order valence-corrected chi connectivity index (χ4v) is 5.72. The van der Waals surface area contributed by atoms with E-state index in [0.717, 1.165) is 26.3 Å². The summed E-state index contributed by atoms with van der Waals surface area (Å²) < 4.78 is 0. The Bertz CT molecular complexity index is 91.8. The van der Waals surface area contributed by atoms with E-state index in [-0.39, 0.29) is 0 Å². The molecule has 0 heterocycles. The van der Waals surface area contributed by atoms with Gasteiger partial charge in [-0.1, -0.05) is 0 Å². The summed E-state index contributed by atoms with van der Waals surface area (Å²) in [5, 5.41) is 2.67. The minimum atomic E-state index is 0.902. The molecule has 0 rings (SSSR count). The summed E-state index contributed by atoms with van der Waals surface area (Å²) in [6.45, 7) is 4.18. The maximum atomic E-state index is 2.28. The van der Waals surface area contributed by atoms with Crippen LogP contribution in [-0.2, 0) is 0 Å². The molecular weight excluding hydrogens is 254 g/mol. The molecule has 0 saturated carbocycles. The van der Waals surface area contributed by atoms with Crippen molar-refractivity contribution >= 4 is 26.3 Å². The van der Waals surface area contributed by atoms with Crippen LogP contribution in [-0.4, -0.2) is 26.3 Å². The molecule has 0 N–H and O–H groups in total. The third kappa shape index (κ3) is 8.52. The second-order valence-electron chi connectivity index (χ2n) is 1.71. The normalized spacial score (nSPS) is 11.8. The van der Waals surface area contributed by atoms with Gasteiger partial charge in [0.15, 0.2) is 0 Å². The van der Waals surface area contributed by atoms with Crippen LogP contribution in [0.25, 0.3) is 0 Å². The van der Waals surface area contributed by atoms with Gasteiger partial charge in [0, 0.05) is 0 Å². The van der Waals surface area contributed by atoms with Crippen LogP contribution >= 0.6 is 0 Å². The van der Waals surface area contributed by atoms with Crippen molar-refractivity contribution in [1.29, 1.82) is 0 Å². The molecule has 0 aromatic heterocycles. The first-order chi connectivity index (χ1) is 4.91. The van der Waals surface area contributed by atoms with Gasteiger partial charge in [-0.15, -0.1) is 0 Å². The first-order valence-electron chi connectivity index (χ1n) is 3.38. The van der Waals surface area contributed by atoms with Gasteiger partial charge < -0.3 is 0 Å². The minimum absolute atomic E-state index is 0.902. The van der Waals surface area contributed by atoms with Crippen LogP contribution in [0.5, 0.6) is 0 Å². The molecule has 0 unspecified atom stereocenters. The molecule has 58 valence electrons. The SMILES string of the molecule is C/C=C\C[Se][Se]C/C=C\C. The van der Waals surface area contributed by atoms with Crippen LogP contribution in [0.2, 0.25) is 10.6 Å². The summed E-state index contributed by atoms with van der Waals surface area (Å²) in [4.78, 5) is 0. The Kier molecular flexibility index (Phi) is 10.0. The first-order valence-corrected chi connectivity index (χ1v) is 10.1. The van der Waals surface area contributed by atoms with Crippen molar-refractivity contribution in [3.8, 4) is 0 Å². The average molecular weight is 268 g/mol. The predicted octanol–water partition coefficient (Wildman–Crippen LogP) is 2.30. The van der Waals surface area contributed by atoms with Crippen molar-refractivity contribution < 1.29 is 0 Å². The van der Waals surface area contributed by atoms with Gasteiger partial charge in [0.2, 0.25) is 0 Å². The molecule has 0 atom stereocenters. The van der Waals surface area contributed by atoms with Crippen molar-refractivity contribution in [3.05, 3.63) is 24.3 Å². The maximum absolute atomic E-state index is 2.28. The topological polar surface area (TPSA) is 0 Å². The molecular formula is C8H14Se2. The Hall–Kier alpha value is 0.519.